The van der Waals surface area contributed by atoms with Gasteiger partial charge in [0.1, 0.15) is 11.6 Å². The van der Waals surface area contributed by atoms with Crippen molar-refractivity contribution in [3.8, 4) is 5.69 Å². The van der Waals surface area contributed by atoms with E-state index in [1.54, 1.807) is 6.07 Å². The first kappa shape index (κ1) is 15.2. The Labute approximate surface area is 145 Å². The van der Waals surface area contributed by atoms with Crippen LogP contribution in [-0.2, 0) is 12.8 Å². The molecule has 0 unspecified atom stereocenters. The van der Waals surface area contributed by atoms with E-state index < -0.39 is 0 Å². The second-order valence-electron chi connectivity index (χ2n) is 6.06. The van der Waals surface area contributed by atoms with Crippen molar-refractivity contribution in [3.63, 3.8) is 0 Å². The average Bonchev–Trinajstić information content (AvgIpc) is 3.14. The zero-order valence-electron chi connectivity index (χ0n) is 13.3. The molecule has 1 aliphatic rings. The molecule has 0 amide bonds. The van der Waals surface area contributed by atoms with E-state index >= 15 is 0 Å². The summed E-state index contributed by atoms with van der Waals surface area (Å²) in [6, 6.07) is 12.6. The van der Waals surface area contributed by atoms with Crippen LogP contribution in [0.3, 0.4) is 0 Å². The standard InChI is InChI=1S/C19H17ClFN3/c1-12-10-14(20)6-7-18(12)24-19-15(8-9-22-19)17(23-24)11-13-4-2-3-5-16(13)21/h2-7,10,22H,8-9,11H2,1H3. The lowest BCUT2D eigenvalue weighted by Gasteiger charge is -2.10. The quantitative estimate of drug-likeness (QED) is 0.758. The number of nitrogens with zero attached hydrogens (tertiary/aromatic N) is 2. The Morgan fingerprint density at radius 3 is 2.88 bits per heavy atom. The van der Waals surface area contributed by atoms with Gasteiger partial charge in [0, 0.05) is 23.6 Å². The van der Waals surface area contributed by atoms with Crippen molar-refractivity contribution in [2.75, 3.05) is 11.9 Å². The lowest BCUT2D eigenvalue weighted by molar-refractivity contribution is 0.612. The predicted molar refractivity (Wildman–Crippen MR) is 94.7 cm³/mol. The highest BCUT2D eigenvalue weighted by Gasteiger charge is 2.24. The number of aromatic nitrogens is 2. The summed E-state index contributed by atoms with van der Waals surface area (Å²) in [6.45, 7) is 2.89. The molecule has 3 nitrogen and oxygen atoms in total. The summed E-state index contributed by atoms with van der Waals surface area (Å²) in [4.78, 5) is 0. The molecule has 2 heterocycles. The summed E-state index contributed by atoms with van der Waals surface area (Å²) in [6.07, 6.45) is 1.40. The van der Waals surface area contributed by atoms with Gasteiger partial charge in [0.15, 0.2) is 0 Å². The van der Waals surface area contributed by atoms with Crippen molar-refractivity contribution < 1.29 is 4.39 Å². The predicted octanol–water partition coefficient (Wildman–Crippen LogP) is 4.53. The van der Waals surface area contributed by atoms with E-state index in [9.17, 15) is 4.39 Å². The van der Waals surface area contributed by atoms with Gasteiger partial charge < -0.3 is 5.32 Å². The fraction of sp³-hybridized carbons (Fsp3) is 0.211. The third-order valence-corrected chi connectivity index (χ3v) is 4.67. The van der Waals surface area contributed by atoms with Gasteiger partial charge >= 0.3 is 0 Å². The van der Waals surface area contributed by atoms with E-state index in [4.69, 9.17) is 16.7 Å². The molecule has 0 fully saturated rings. The number of halogens is 2. The molecule has 122 valence electrons. The Balaban J connectivity index is 1.79. The first-order valence-corrected chi connectivity index (χ1v) is 8.36. The molecule has 1 aromatic heterocycles. The van der Waals surface area contributed by atoms with Crippen LogP contribution in [0.2, 0.25) is 5.02 Å². The molecule has 0 saturated carbocycles. The van der Waals surface area contributed by atoms with Crippen LogP contribution in [0.15, 0.2) is 42.5 Å². The molecule has 2 aromatic carbocycles. The van der Waals surface area contributed by atoms with Gasteiger partial charge in [-0.25, -0.2) is 9.07 Å². The number of rotatable bonds is 3. The Kier molecular flexibility index (Phi) is 3.77. The molecule has 0 spiro atoms. The van der Waals surface area contributed by atoms with Crippen molar-refractivity contribution in [2.45, 2.75) is 19.8 Å². The van der Waals surface area contributed by atoms with E-state index in [2.05, 4.69) is 5.32 Å². The molecule has 0 aliphatic carbocycles. The molecule has 0 radical (unpaired) electrons. The van der Waals surface area contributed by atoms with Crippen molar-refractivity contribution in [1.82, 2.24) is 9.78 Å². The lowest BCUT2D eigenvalue weighted by Crippen LogP contribution is -2.06. The van der Waals surface area contributed by atoms with Gasteiger partial charge in [-0.3, -0.25) is 0 Å². The molecule has 1 aliphatic heterocycles. The SMILES string of the molecule is Cc1cc(Cl)ccc1-n1nc(Cc2ccccc2F)c2c1NCC2. The first-order chi connectivity index (χ1) is 11.6. The molecule has 0 saturated heterocycles. The molecule has 5 heteroatoms. The molecular formula is C19H17ClFN3. The van der Waals surface area contributed by atoms with Gasteiger partial charge in [-0.15, -0.1) is 0 Å². The molecule has 1 N–H and O–H groups in total. The van der Waals surface area contributed by atoms with E-state index in [0.29, 0.717) is 17.0 Å². The Hall–Kier alpha value is -2.33. The Bertz CT molecular complexity index is 917. The van der Waals surface area contributed by atoms with Gasteiger partial charge in [-0.05, 0) is 48.7 Å². The maximum absolute atomic E-state index is 14.0. The van der Waals surface area contributed by atoms with Crippen LogP contribution in [0, 0.1) is 12.7 Å². The summed E-state index contributed by atoms with van der Waals surface area (Å²) in [5.74, 6) is 0.821. The van der Waals surface area contributed by atoms with Crippen LogP contribution in [0.4, 0.5) is 10.2 Å². The average molecular weight is 342 g/mol. The zero-order chi connectivity index (χ0) is 16.7. The van der Waals surface area contributed by atoms with E-state index in [1.807, 2.05) is 41.9 Å². The van der Waals surface area contributed by atoms with Gasteiger partial charge in [-0.1, -0.05) is 29.8 Å². The van der Waals surface area contributed by atoms with Crippen LogP contribution in [0.1, 0.15) is 22.4 Å². The molecular weight excluding hydrogens is 325 g/mol. The number of hydrogen-bond acceptors (Lipinski definition) is 2. The summed E-state index contributed by atoms with van der Waals surface area (Å²) < 4.78 is 15.9. The van der Waals surface area contributed by atoms with E-state index in [0.717, 1.165) is 35.7 Å². The largest absolute Gasteiger partial charge is 0.369 e. The van der Waals surface area contributed by atoms with Gasteiger partial charge in [0.2, 0.25) is 0 Å². The molecule has 3 aromatic rings. The third-order valence-electron chi connectivity index (χ3n) is 4.44. The smallest absolute Gasteiger partial charge is 0.133 e. The monoisotopic (exact) mass is 341 g/mol. The maximum atomic E-state index is 14.0. The van der Waals surface area contributed by atoms with Crippen LogP contribution in [-0.4, -0.2) is 16.3 Å². The second-order valence-corrected chi connectivity index (χ2v) is 6.50. The first-order valence-electron chi connectivity index (χ1n) is 7.98. The summed E-state index contributed by atoms with van der Waals surface area (Å²) >= 11 is 6.06. The molecule has 0 bridgehead atoms. The molecule has 0 atom stereocenters. The molecule has 4 rings (SSSR count). The summed E-state index contributed by atoms with van der Waals surface area (Å²) in [7, 11) is 0. The van der Waals surface area contributed by atoms with Crippen LogP contribution in [0.25, 0.3) is 5.69 Å². The minimum atomic E-state index is -0.186. The van der Waals surface area contributed by atoms with Crippen molar-refractivity contribution in [2.24, 2.45) is 0 Å². The number of hydrogen-bond donors (Lipinski definition) is 1. The fourth-order valence-electron chi connectivity index (χ4n) is 3.24. The van der Waals surface area contributed by atoms with Gasteiger partial charge in [-0.2, -0.15) is 5.10 Å². The van der Waals surface area contributed by atoms with Crippen LogP contribution < -0.4 is 5.32 Å². The van der Waals surface area contributed by atoms with Crippen molar-refractivity contribution >= 4 is 17.4 Å². The van der Waals surface area contributed by atoms with Crippen molar-refractivity contribution in [3.05, 3.63) is 75.7 Å². The lowest BCUT2D eigenvalue weighted by atomic mass is 10.1. The number of nitrogens with one attached hydrogen (secondary N) is 1. The second kappa shape index (κ2) is 5.95. The highest BCUT2D eigenvalue weighted by molar-refractivity contribution is 6.30. The van der Waals surface area contributed by atoms with Gasteiger partial charge in [0.25, 0.3) is 0 Å². The summed E-state index contributed by atoms with van der Waals surface area (Å²) in [5, 5.41) is 8.88. The zero-order valence-corrected chi connectivity index (χ0v) is 14.1. The van der Waals surface area contributed by atoms with Gasteiger partial charge in [0.05, 0.1) is 11.4 Å². The Morgan fingerprint density at radius 1 is 1.25 bits per heavy atom. The van der Waals surface area contributed by atoms with E-state index in [1.165, 1.54) is 11.6 Å². The summed E-state index contributed by atoms with van der Waals surface area (Å²) in [5.41, 5.74) is 4.82. The third kappa shape index (κ3) is 2.57. The minimum absolute atomic E-state index is 0.186. The maximum Gasteiger partial charge on any atom is 0.133 e. The topological polar surface area (TPSA) is 29.9 Å². The normalized spacial score (nSPS) is 13.0. The number of aryl methyl sites for hydroxylation is 1. The Morgan fingerprint density at radius 2 is 2.08 bits per heavy atom. The van der Waals surface area contributed by atoms with Crippen LogP contribution in [0.5, 0.6) is 0 Å². The van der Waals surface area contributed by atoms with Crippen LogP contribution >= 0.6 is 11.6 Å². The highest BCUT2D eigenvalue weighted by atomic mass is 35.5. The minimum Gasteiger partial charge on any atom is -0.369 e. The number of anilines is 1. The highest BCUT2D eigenvalue weighted by Crippen LogP contribution is 2.31. The number of benzene rings is 2. The fourth-order valence-corrected chi connectivity index (χ4v) is 3.47. The number of fused-ring (bicyclic) bond motifs is 1. The van der Waals surface area contributed by atoms with Crippen molar-refractivity contribution in [1.29, 1.82) is 0 Å². The molecule has 24 heavy (non-hydrogen) atoms. The van der Waals surface area contributed by atoms with E-state index in [-0.39, 0.29) is 5.82 Å².